The lowest BCUT2D eigenvalue weighted by molar-refractivity contribution is -0.142. The van der Waals surface area contributed by atoms with Gasteiger partial charge in [0.05, 0.1) is 0 Å². The first-order valence-corrected chi connectivity index (χ1v) is 6.67. The molecule has 1 N–H and O–H groups in total. The summed E-state index contributed by atoms with van der Waals surface area (Å²) in [5.41, 5.74) is -0.843. The van der Waals surface area contributed by atoms with Gasteiger partial charge < -0.3 is 10.0 Å². The van der Waals surface area contributed by atoms with E-state index >= 15 is 0 Å². The van der Waals surface area contributed by atoms with E-state index in [4.69, 9.17) is 0 Å². The van der Waals surface area contributed by atoms with E-state index in [-0.39, 0.29) is 0 Å². The van der Waals surface area contributed by atoms with Crippen molar-refractivity contribution in [1.29, 1.82) is 0 Å². The van der Waals surface area contributed by atoms with E-state index in [0.29, 0.717) is 12.2 Å². The molecule has 1 aromatic rings. The maximum absolute atomic E-state index is 11.4. The Morgan fingerprint density at radius 1 is 1.59 bits per heavy atom. The van der Waals surface area contributed by atoms with Crippen molar-refractivity contribution in [1.82, 2.24) is 9.97 Å². The average Bonchev–Trinajstić information content (AvgIpc) is 2.73. The van der Waals surface area contributed by atoms with Crippen molar-refractivity contribution in [3.05, 3.63) is 12.4 Å². The zero-order valence-electron chi connectivity index (χ0n) is 9.88. The van der Waals surface area contributed by atoms with Crippen molar-refractivity contribution in [3.8, 4) is 0 Å². The third-order valence-electron chi connectivity index (χ3n) is 3.22. The van der Waals surface area contributed by atoms with Gasteiger partial charge >= 0.3 is 5.97 Å². The van der Waals surface area contributed by atoms with Gasteiger partial charge in [0.1, 0.15) is 22.7 Å². The predicted molar refractivity (Wildman–Crippen MR) is 66.4 cm³/mol. The summed E-state index contributed by atoms with van der Waals surface area (Å²) in [5.74, 6) is -0.0916. The number of aromatic nitrogens is 2. The highest BCUT2D eigenvalue weighted by molar-refractivity contribution is 7.98. The van der Waals surface area contributed by atoms with Crippen LogP contribution in [0.2, 0.25) is 0 Å². The normalized spacial score (nSPS) is 24.0. The van der Waals surface area contributed by atoms with Crippen molar-refractivity contribution >= 4 is 23.5 Å². The van der Waals surface area contributed by atoms with Crippen LogP contribution in [0.5, 0.6) is 0 Å². The van der Waals surface area contributed by atoms with E-state index in [1.807, 2.05) is 17.2 Å². The Bertz CT molecular complexity index is 440. The Labute approximate surface area is 104 Å². The standard InChI is InChI=1S/C11H15N3O2S/c1-11(10(15)16)4-3-5-14(11)8-6-9(17-2)13-7-12-8/h6-7H,3-5H2,1-2H3,(H,15,16). The number of thioether (sulfide) groups is 1. The van der Waals surface area contributed by atoms with Gasteiger partial charge in [-0.1, -0.05) is 0 Å². The van der Waals surface area contributed by atoms with Crippen LogP contribution in [0.1, 0.15) is 19.8 Å². The second-order valence-electron chi connectivity index (χ2n) is 4.25. The van der Waals surface area contributed by atoms with Crippen molar-refractivity contribution < 1.29 is 9.90 Å². The number of hydrogen-bond acceptors (Lipinski definition) is 5. The Morgan fingerprint density at radius 2 is 2.35 bits per heavy atom. The monoisotopic (exact) mass is 253 g/mol. The topological polar surface area (TPSA) is 66.3 Å². The molecular weight excluding hydrogens is 238 g/mol. The molecule has 1 fully saturated rings. The first kappa shape index (κ1) is 12.2. The van der Waals surface area contributed by atoms with Crippen LogP contribution in [0.4, 0.5) is 5.82 Å². The van der Waals surface area contributed by atoms with Gasteiger partial charge in [0.25, 0.3) is 0 Å². The maximum atomic E-state index is 11.4. The highest BCUT2D eigenvalue weighted by Gasteiger charge is 2.44. The van der Waals surface area contributed by atoms with Gasteiger partial charge in [-0.15, -0.1) is 11.8 Å². The lowest BCUT2D eigenvalue weighted by Gasteiger charge is -2.32. The molecule has 17 heavy (non-hydrogen) atoms. The number of carboxylic acid groups (broad SMARTS) is 1. The number of anilines is 1. The first-order chi connectivity index (χ1) is 8.08. The summed E-state index contributed by atoms with van der Waals surface area (Å²) < 4.78 is 0. The fourth-order valence-electron chi connectivity index (χ4n) is 2.14. The summed E-state index contributed by atoms with van der Waals surface area (Å²) in [4.78, 5) is 21.5. The van der Waals surface area contributed by atoms with Crippen LogP contribution in [0.3, 0.4) is 0 Å². The summed E-state index contributed by atoms with van der Waals surface area (Å²) in [7, 11) is 0. The lowest BCUT2D eigenvalue weighted by atomic mass is 9.99. The van der Waals surface area contributed by atoms with Crippen LogP contribution in [0.25, 0.3) is 0 Å². The van der Waals surface area contributed by atoms with Crippen molar-refractivity contribution in [3.63, 3.8) is 0 Å². The largest absolute Gasteiger partial charge is 0.480 e. The average molecular weight is 253 g/mol. The SMILES string of the molecule is CSc1cc(N2CCCC2(C)C(=O)O)ncn1. The number of hydrogen-bond donors (Lipinski definition) is 1. The molecule has 5 nitrogen and oxygen atoms in total. The van der Waals surface area contributed by atoms with Crippen LogP contribution < -0.4 is 4.90 Å². The van der Waals surface area contributed by atoms with E-state index < -0.39 is 11.5 Å². The molecule has 0 saturated carbocycles. The quantitative estimate of drug-likeness (QED) is 0.652. The molecule has 0 aliphatic carbocycles. The molecule has 92 valence electrons. The summed E-state index contributed by atoms with van der Waals surface area (Å²) in [6, 6.07) is 1.84. The van der Waals surface area contributed by atoms with E-state index in [0.717, 1.165) is 18.0 Å². The molecule has 0 aromatic carbocycles. The first-order valence-electron chi connectivity index (χ1n) is 5.45. The predicted octanol–water partition coefficient (Wildman–Crippen LogP) is 1.64. The molecule has 1 saturated heterocycles. The zero-order valence-corrected chi connectivity index (χ0v) is 10.7. The fraction of sp³-hybridized carbons (Fsp3) is 0.545. The van der Waals surface area contributed by atoms with Crippen molar-refractivity contribution in [2.24, 2.45) is 0 Å². The molecule has 1 aliphatic heterocycles. The molecule has 2 heterocycles. The zero-order chi connectivity index (χ0) is 12.5. The van der Waals surface area contributed by atoms with Gasteiger partial charge in [-0.3, -0.25) is 0 Å². The van der Waals surface area contributed by atoms with E-state index in [1.165, 1.54) is 18.1 Å². The minimum Gasteiger partial charge on any atom is -0.480 e. The summed E-state index contributed by atoms with van der Waals surface area (Å²) in [6.07, 6.45) is 4.95. The van der Waals surface area contributed by atoms with Crippen LogP contribution in [0.15, 0.2) is 17.4 Å². The summed E-state index contributed by atoms with van der Waals surface area (Å²) >= 11 is 1.53. The number of carboxylic acids is 1. The maximum Gasteiger partial charge on any atom is 0.329 e. The number of carbonyl (C=O) groups is 1. The number of rotatable bonds is 3. The lowest BCUT2D eigenvalue weighted by Crippen LogP contribution is -2.48. The van der Waals surface area contributed by atoms with E-state index in [9.17, 15) is 9.90 Å². The van der Waals surface area contributed by atoms with Crippen molar-refractivity contribution in [2.75, 3.05) is 17.7 Å². The highest BCUT2D eigenvalue weighted by atomic mass is 32.2. The fourth-order valence-corrected chi connectivity index (χ4v) is 2.52. The van der Waals surface area contributed by atoms with Gasteiger partial charge in [0, 0.05) is 12.6 Å². The van der Waals surface area contributed by atoms with Gasteiger partial charge in [-0.25, -0.2) is 14.8 Å². The van der Waals surface area contributed by atoms with Gasteiger partial charge in [-0.2, -0.15) is 0 Å². The second-order valence-corrected chi connectivity index (χ2v) is 5.08. The molecular formula is C11H15N3O2S. The Morgan fingerprint density at radius 3 is 3.00 bits per heavy atom. The Kier molecular flexibility index (Phi) is 3.24. The number of nitrogens with zero attached hydrogens (tertiary/aromatic N) is 3. The third-order valence-corrected chi connectivity index (χ3v) is 3.86. The highest BCUT2D eigenvalue weighted by Crippen LogP contribution is 2.33. The molecule has 2 rings (SSSR count). The minimum atomic E-state index is -0.843. The Hall–Kier alpha value is -1.30. The Balaban J connectivity index is 2.35. The smallest absolute Gasteiger partial charge is 0.329 e. The third kappa shape index (κ3) is 2.09. The molecule has 0 bridgehead atoms. The van der Waals surface area contributed by atoms with Crippen molar-refractivity contribution in [2.45, 2.75) is 30.3 Å². The molecule has 6 heteroatoms. The minimum absolute atomic E-state index is 0.654. The van der Waals surface area contributed by atoms with E-state index in [1.54, 1.807) is 6.92 Å². The molecule has 0 radical (unpaired) electrons. The van der Waals surface area contributed by atoms with Gasteiger partial charge in [-0.05, 0) is 26.0 Å². The summed E-state index contributed by atoms with van der Waals surface area (Å²) in [6.45, 7) is 2.48. The number of aliphatic carboxylic acids is 1. The molecule has 1 aliphatic rings. The molecule has 1 unspecified atom stereocenters. The second kappa shape index (κ2) is 4.52. The van der Waals surface area contributed by atoms with Crippen LogP contribution in [-0.2, 0) is 4.79 Å². The molecule has 1 atom stereocenters. The van der Waals surface area contributed by atoms with Gasteiger partial charge in [0.2, 0.25) is 0 Å². The van der Waals surface area contributed by atoms with E-state index in [2.05, 4.69) is 9.97 Å². The van der Waals surface area contributed by atoms with Crippen LogP contribution in [-0.4, -0.2) is 39.4 Å². The van der Waals surface area contributed by atoms with Gasteiger partial charge in [0.15, 0.2) is 0 Å². The molecule has 1 aromatic heterocycles. The summed E-state index contributed by atoms with van der Waals surface area (Å²) in [5, 5.41) is 10.2. The molecule has 0 amide bonds. The van der Waals surface area contributed by atoms with Crippen LogP contribution >= 0.6 is 11.8 Å². The van der Waals surface area contributed by atoms with Crippen LogP contribution in [0, 0.1) is 0 Å². The molecule has 0 spiro atoms.